The minimum Gasteiger partial charge on any atom is -0.362 e. The predicted octanol–water partition coefficient (Wildman–Crippen LogP) is 4.49. The topological polar surface area (TPSA) is 44.4 Å². The zero-order valence-electron chi connectivity index (χ0n) is 15.4. The standard InChI is InChI=1S/C21H29N3OS/c25-20(24-15-5-2-6-16-24)18-9-11-19(12-10-18)23-21(26)22-14-13-17-7-3-1-4-8-17/h7,9-12H,1-6,8,13-16H2,(H2,22,23,26). The first kappa shape index (κ1) is 18.9. The number of rotatable bonds is 5. The largest absolute Gasteiger partial charge is 0.362 e. The van der Waals surface area contributed by atoms with Crippen LogP contribution in [-0.2, 0) is 0 Å². The van der Waals surface area contributed by atoms with E-state index in [0.29, 0.717) is 5.11 Å². The first-order valence-electron chi connectivity index (χ1n) is 9.84. The molecule has 2 aliphatic rings. The summed E-state index contributed by atoms with van der Waals surface area (Å²) in [5.74, 6) is 0.137. The van der Waals surface area contributed by atoms with Gasteiger partial charge in [-0.3, -0.25) is 4.79 Å². The lowest BCUT2D eigenvalue weighted by Crippen LogP contribution is -2.35. The van der Waals surface area contributed by atoms with E-state index in [2.05, 4.69) is 16.7 Å². The number of amides is 1. The van der Waals surface area contributed by atoms with Crippen molar-refractivity contribution in [2.24, 2.45) is 0 Å². The minimum absolute atomic E-state index is 0.137. The van der Waals surface area contributed by atoms with Crippen molar-refractivity contribution in [2.75, 3.05) is 25.0 Å². The van der Waals surface area contributed by atoms with E-state index < -0.39 is 0 Å². The molecule has 5 heteroatoms. The van der Waals surface area contributed by atoms with Crippen LogP contribution < -0.4 is 10.6 Å². The van der Waals surface area contributed by atoms with Crippen LogP contribution in [-0.4, -0.2) is 35.6 Å². The van der Waals surface area contributed by atoms with Crippen molar-refractivity contribution in [1.29, 1.82) is 0 Å². The fourth-order valence-electron chi connectivity index (χ4n) is 3.62. The highest BCUT2D eigenvalue weighted by molar-refractivity contribution is 7.80. The lowest BCUT2D eigenvalue weighted by atomic mass is 9.97. The molecule has 1 saturated heterocycles. The molecule has 2 N–H and O–H groups in total. The third-order valence-corrected chi connectivity index (χ3v) is 5.40. The van der Waals surface area contributed by atoms with Crippen molar-refractivity contribution >= 4 is 28.9 Å². The summed E-state index contributed by atoms with van der Waals surface area (Å²) in [7, 11) is 0. The summed E-state index contributed by atoms with van der Waals surface area (Å²) >= 11 is 5.37. The Morgan fingerprint density at radius 3 is 2.50 bits per heavy atom. The molecule has 0 spiro atoms. The van der Waals surface area contributed by atoms with Crippen molar-refractivity contribution in [3.8, 4) is 0 Å². The summed E-state index contributed by atoms with van der Waals surface area (Å²) in [5.41, 5.74) is 3.21. The monoisotopic (exact) mass is 371 g/mol. The van der Waals surface area contributed by atoms with Crippen LogP contribution in [0.15, 0.2) is 35.9 Å². The number of hydrogen-bond donors (Lipinski definition) is 2. The smallest absolute Gasteiger partial charge is 0.253 e. The van der Waals surface area contributed by atoms with Gasteiger partial charge in [0.05, 0.1) is 0 Å². The molecule has 1 aromatic carbocycles. The van der Waals surface area contributed by atoms with E-state index in [1.807, 2.05) is 29.2 Å². The van der Waals surface area contributed by atoms with Gasteiger partial charge >= 0.3 is 0 Å². The Hall–Kier alpha value is -1.88. The number of nitrogens with one attached hydrogen (secondary N) is 2. The summed E-state index contributed by atoms with van der Waals surface area (Å²) in [6, 6.07) is 7.62. The molecule has 26 heavy (non-hydrogen) atoms. The molecule has 0 saturated carbocycles. The third-order valence-electron chi connectivity index (χ3n) is 5.15. The number of carbonyl (C=O) groups excluding carboxylic acids is 1. The van der Waals surface area contributed by atoms with E-state index in [1.54, 1.807) is 5.57 Å². The summed E-state index contributed by atoms with van der Waals surface area (Å²) < 4.78 is 0. The third kappa shape index (κ3) is 5.56. The van der Waals surface area contributed by atoms with Crippen LogP contribution in [0.5, 0.6) is 0 Å². The first-order chi connectivity index (χ1) is 12.7. The molecule has 1 amide bonds. The highest BCUT2D eigenvalue weighted by Crippen LogP contribution is 2.19. The molecule has 3 rings (SSSR count). The number of likely N-dealkylation sites (tertiary alicyclic amines) is 1. The molecule has 1 fully saturated rings. The lowest BCUT2D eigenvalue weighted by Gasteiger charge is -2.26. The molecular formula is C21H29N3OS. The van der Waals surface area contributed by atoms with Gasteiger partial charge in [-0.2, -0.15) is 0 Å². The maximum absolute atomic E-state index is 12.5. The van der Waals surface area contributed by atoms with E-state index >= 15 is 0 Å². The Labute approximate surface area is 162 Å². The van der Waals surface area contributed by atoms with Gasteiger partial charge in [0.25, 0.3) is 5.91 Å². The van der Waals surface area contributed by atoms with E-state index in [9.17, 15) is 4.79 Å². The molecule has 0 unspecified atom stereocenters. The summed E-state index contributed by atoms with van der Waals surface area (Å²) in [5, 5.41) is 7.11. The minimum atomic E-state index is 0.137. The van der Waals surface area contributed by atoms with Gasteiger partial charge in [0, 0.05) is 30.9 Å². The maximum Gasteiger partial charge on any atom is 0.253 e. The number of allylic oxidation sites excluding steroid dienone is 1. The number of hydrogen-bond acceptors (Lipinski definition) is 2. The second-order valence-electron chi connectivity index (χ2n) is 7.17. The molecule has 1 heterocycles. The van der Waals surface area contributed by atoms with Gasteiger partial charge in [0.2, 0.25) is 0 Å². The fourth-order valence-corrected chi connectivity index (χ4v) is 3.84. The zero-order valence-corrected chi connectivity index (χ0v) is 16.2. The van der Waals surface area contributed by atoms with Crippen molar-refractivity contribution in [1.82, 2.24) is 10.2 Å². The maximum atomic E-state index is 12.5. The molecule has 0 bridgehead atoms. The summed E-state index contributed by atoms with van der Waals surface area (Å²) in [6.45, 7) is 2.62. The second kappa shape index (κ2) is 9.72. The van der Waals surface area contributed by atoms with Gasteiger partial charge in [-0.05, 0) is 87.8 Å². The molecule has 1 aliphatic carbocycles. The van der Waals surface area contributed by atoms with Gasteiger partial charge in [0.1, 0.15) is 0 Å². The molecule has 1 aliphatic heterocycles. The van der Waals surface area contributed by atoms with Crippen LogP contribution in [0.25, 0.3) is 0 Å². The molecular weight excluding hydrogens is 342 g/mol. The molecule has 140 valence electrons. The Kier molecular flexibility index (Phi) is 7.06. The zero-order chi connectivity index (χ0) is 18.2. The number of anilines is 1. The molecule has 1 aromatic rings. The van der Waals surface area contributed by atoms with Gasteiger partial charge < -0.3 is 15.5 Å². The lowest BCUT2D eigenvalue weighted by molar-refractivity contribution is 0.0724. The van der Waals surface area contributed by atoms with E-state index in [4.69, 9.17) is 12.2 Å². The quantitative estimate of drug-likeness (QED) is 0.591. The van der Waals surface area contributed by atoms with Gasteiger partial charge in [-0.15, -0.1) is 0 Å². The molecule has 0 radical (unpaired) electrons. The first-order valence-corrected chi connectivity index (χ1v) is 10.3. The highest BCUT2D eigenvalue weighted by atomic mass is 32.1. The van der Waals surface area contributed by atoms with E-state index in [-0.39, 0.29) is 5.91 Å². The molecule has 0 atom stereocenters. The van der Waals surface area contributed by atoms with Crippen molar-refractivity contribution < 1.29 is 4.79 Å². The summed E-state index contributed by atoms with van der Waals surface area (Å²) in [6.07, 6.45) is 12.0. The Morgan fingerprint density at radius 2 is 1.81 bits per heavy atom. The van der Waals surface area contributed by atoms with E-state index in [0.717, 1.165) is 50.1 Å². The van der Waals surface area contributed by atoms with Crippen molar-refractivity contribution in [3.05, 3.63) is 41.5 Å². The summed E-state index contributed by atoms with van der Waals surface area (Å²) in [4.78, 5) is 14.4. The Bertz CT molecular complexity index is 648. The SMILES string of the molecule is O=C(c1ccc(NC(=S)NCCC2=CCCCC2)cc1)N1CCCCC1. The van der Waals surface area contributed by atoms with Crippen LogP contribution in [0, 0.1) is 0 Å². The van der Waals surface area contributed by atoms with Crippen LogP contribution in [0.3, 0.4) is 0 Å². The highest BCUT2D eigenvalue weighted by Gasteiger charge is 2.17. The normalized spacial score (nSPS) is 17.4. The molecule has 0 aromatic heterocycles. The van der Waals surface area contributed by atoms with Gasteiger partial charge in [0.15, 0.2) is 5.11 Å². The average molecular weight is 372 g/mol. The number of benzene rings is 1. The molecule has 4 nitrogen and oxygen atoms in total. The second-order valence-corrected chi connectivity index (χ2v) is 7.58. The van der Waals surface area contributed by atoms with Gasteiger partial charge in [-0.25, -0.2) is 0 Å². The Balaban J connectivity index is 1.43. The van der Waals surface area contributed by atoms with Crippen LogP contribution in [0.4, 0.5) is 5.69 Å². The van der Waals surface area contributed by atoms with Crippen LogP contribution >= 0.6 is 12.2 Å². The van der Waals surface area contributed by atoms with Crippen LogP contribution in [0.1, 0.15) is 61.7 Å². The number of carbonyl (C=O) groups is 1. The number of thiocarbonyl (C=S) groups is 1. The van der Waals surface area contributed by atoms with Crippen molar-refractivity contribution in [2.45, 2.75) is 51.4 Å². The van der Waals surface area contributed by atoms with Crippen LogP contribution in [0.2, 0.25) is 0 Å². The Morgan fingerprint density at radius 1 is 1.04 bits per heavy atom. The van der Waals surface area contributed by atoms with Crippen molar-refractivity contribution in [3.63, 3.8) is 0 Å². The van der Waals surface area contributed by atoms with Gasteiger partial charge in [-0.1, -0.05) is 11.6 Å². The average Bonchev–Trinajstić information content (AvgIpc) is 2.69. The fraction of sp³-hybridized carbons (Fsp3) is 0.524. The van der Waals surface area contributed by atoms with E-state index in [1.165, 1.54) is 32.1 Å². The number of nitrogens with zero attached hydrogens (tertiary/aromatic N) is 1. The number of piperidine rings is 1. The predicted molar refractivity (Wildman–Crippen MR) is 112 cm³/mol.